The Morgan fingerprint density at radius 2 is 2.06 bits per heavy atom. The second kappa shape index (κ2) is 11.3. The van der Waals surface area contributed by atoms with Crippen molar-refractivity contribution in [1.82, 2.24) is 9.36 Å². The molecule has 12 heteroatoms. The molecule has 35 heavy (non-hydrogen) atoms. The summed E-state index contributed by atoms with van der Waals surface area (Å²) in [6.07, 6.45) is 2.28. The van der Waals surface area contributed by atoms with E-state index in [9.17, 15) is 18.5 Å². The van der Waals surface area contributed by atoms with Crippen LogP contribution in [-0.4, -0.2) is 36.5 Å². The quantitative estimate of drug-likeness (QED) is 0.316. The molecule has 1 heterocycles. The van der Waals surface area contributed by atoms with Gasteiger partial charge in [0.15, 0.2) is 11.5 Å². The van der Waals surface area contributed by atoms with Gasteiger partial charge >= 0.3 is 0 Å². The average Bonchev–Trinajstić information content (AvgIpc) is 3.26. The topological polar surface area (TPSA) is 131 Å². The number of anilines is 1. The molecule has 9 nitrogen and oxygen atoms in total. The van der Waals surface area contributed by atoms with Crippen LogP contribution in [0.5, 0.6) is 11.5 Å². The minimum Gasteiger partial charge on any atom is -0.490 e. The summed E-state index contributed by atoms with van der Waals surface area (Å²) in [4.78, 5) is 16.3. The number of carbonyl (C=O) groups excluding carboxylic acids is 1. The highest BCUT2D eigenvalue weighted by molar-refractivity contribution is 7.90. The van der Waals surface area contributed by atoms with Crippen molar-refractivity contribution in [2.45, 2.75) is 25.6 Å². The lowest BCUT2D eigenvalue weighted by Crippen LogP contribution is -2.13. The van der Waals surface area contributed by atoms with Crippen LogP contribution in [0.4, 0.5) is 5.13 Å². The second-order valence-electron chi connectivity index (χ2n) is 7.32. The van der Waals surface area contributed by atoms with Gasteiger partial charge in [-0.2, -0.15) is 14.6 Å². The van der Waals surface area contributed by atoms with Crippen LogP contribution >= 0.6 is 23.1 Å². The summed E-state index contributed by atoms with van der Waals surface area (Å²) in [5.74, 6) is -0.0756. The molecular formula is C23H21ClN4O5S2. The summed E-state index contributed by atoms with van der Waals surface area (Å²) in [6, 6.07) is 12.8. The summed E-state index contributed by atoms with van der Waals surface area (Å²) in [6.45, 7) is 4.42. The van der Waals surface area contributed by atoms with Crippen molar-refractivity contribution in [3.8, 4) is 17.6 Å². The highest BCUT2D eigenvalue weighted by atomic mass is 35.5. The number of amides is 1. The molecule has 0 atom stereocenters. The Bertz CT molecular complexity index is 1430. The Morgan fingerprint density at radius 3 is 2.69 bits per heavy atom. The van der Waals surface area contributed by atoms with Gasteiger partial charge in [-0.05, 0) is 43.2 Å². The fourth-order valence-corrected chi connectivity index (χ4v) is 4.64. The van der Waals surface area contributed by atoms with E-state index in [1.165, 1.54) is 6.08 Å². The maximum absolute atomic E-state index is 12.6. The molecule has 3 aromatic rings. The lowest BCUT2D eigenvalue weighted by atomic mass is 10.1. The van der Waals surface area contributed by atoms with Gasteiger partial charge in [-0.25, -0.2) is 8.42 Å². The highest BCUT2D eigenvalue weighted by Gasteiger charge is 2.18. The van der Waals surface area contributed by atoms with Crippen molar-refractivity contribution >= 4 is 50.1 Å². The molecule has 0 unspecified atom stereocenters. The van der Waals surface area contributed by atoms with Gasteiger partial charge in [-0.15, -0.1) is 0 Å². The minimum atomic E-state index is -3.62. The van der Waals surface area contributed by atoms with E-state index in [0.717, 1.165) is 17.4 Å². The third-order valence-corrected chi connectivity index (χ3v) is 6.31. The van der Waals surface area contributed by atoms with Crippen LogP contribution in [0.25, 0.3) is 6.08 Å². The zero-order chi connectivity index (χ0) is 25.6. The van der Waals surface area contributed by atoms with Crippen LogP contribution in [0, 0.1) is 18.3 Å². The number of hydrogen-bond acceptors (Lipinski definition) is 9. The van der Waals surface area contributed by atoms with Crippen LogP contribution in [-0.2, 0) is 21.2 Å². The number of benzene rings is 2. The molecule has 0 aliphatic heterocycles. The molecule has 0 bridgehead atoms. The maximum Gasteiger partial charge on any atom is 0.268 e. The zero-order valence-electron chi connectivity index (χ0n) is 19.0. The third-order valence-electron chi connectivity index (χ3n) is 4.43. The van der Waals surface area contributed by atoms with E-state index in [1.807, 2.05) is 44.2 Å². The monoisotopic (exact) mass is 532 g/mol. The largest absolute Gasteiger partial charge is 0.490 e. The van der Waals surface area contributed by atoms with Gasteiger partial charge in [0.1, 0.15) is 18.2 Å². The van der Waals surface area contributed by atoms with Gasteiger partial charge in [0, 0.05) is 17.8 Å². The first kappa shape index (κ1) is 26.2. The van der Waals surface area contributed by atoms with E-state index in [-0.39, 0.29) is 22.3 Å². The molecule has 0 spiro atoms. The van der Waals surface area contributed by atoms with Crippen LogP contribution < -0.4 is 14.8 Å². The maximum atomic E-state index is 12.6. The number of carbonyl (C=O) groups is 1. The lowest BCUT2D eigenvalue weighted by Gasteiger charge is -2.15. The number of aromatic nitrogens is 2. The molecule has 0 aliphatic carbocycles. The molecule has 182 valence electrons. The number of halogens is 1. The summed E-state index contributed by atoms with van der Waals surface area (Å²) in [7, 11) is -3.62. The van der Waals surface area contributed by atoms with E-state index in [0.29, 0.717) is 35.2 Å². The van der Waals surface area contributed by atoms with Crippen molar-refractivity contribution in [1.29, 1.82) is 5.26 Å². The molecule has 1 amide bonds. The second-order valence-corrected chi connectivity index (χ2v) is 10.4. The molecule has 0 saturated carbocycles. The molecule has 0 saturated heterocycles. The van der Waals surface area contributed by atoms with Crippen molar-refractivity contribution in [3.63, 3.8) is 0 Å². The molecule has 0 aliphatic rings. The SMILES string of the molecule is CCOc1cc(/C=C(/C#N)C(=O)Nc2nc(S(C)(=O)=O)ns2)cc(Cl)c1OCc1cccc(C)c1. The highest BCUT2D eigenvalue weighted by Crippen LogP contribution is 2.38. The van der Waals surface area contributed by atoms with Crippen molar-refractivity contribution in [2.75, 3.05) is 18.2 Å². The molecule has 0 radical (unpaired) electrons. The van der Waals surface area contributed by atoms with Crippen LogP contribution in [0.3, 0.4) is 0 Å². The molecule has 3 rings (SSSR count). The average molecular weight is 533 g/mol. The Hall–Kier alpha value is -3.46. The smallest absolute Gasteiger partial charge is 0.268 e. The first-order valence-electron chi connectivity index (χ1n) is 10.2. The van der Waals surface area contributed by atoms with E-state index in [4.69, 9.17) is 21.1 Å². The van der Waals surface area contributed by atoms with Crippen LogP contribution in [0.1, 0.15) is 23.6 Å². The number of ether oxygens (including phenoxy) is 2. The van der Waals surface area contributed by atoms with Gasteiger partial charge in [0.05, 0.1) is 11.6 Å². The fourth-order valence-electron chi connectivity index (χ4n) is 2.92. The summed E-state index contributed by atoms with van der Waals surface area (Å²) >= 11 is 7.15. The number of nitrogens with zero attached hydrogens (tertiary/aromatic N) is 3. The molecule has 1 N–H and O–H groups in total. The molecule has 0 fully saturated rings. The number of sulfone groups is 1. The van der Waals surface area contributed by atoms with Gasteiger partial charge in [-0.1, -0.05) is 41.4 Å². The number of nitrogens with one attached hydrogen (secondary N) is 1. The predicted octanol–water partition coefficient (Wildman–Crippen LogP) is 4.43. The fraction of sp³-hybridized carbons (Fsp3) is 0.217. The van der Waals surface area contributed by atoms with Crippen molar-refractivity contribution in [2.24, 2.45) is 0 Å². The number of aryl methyl sites for hydroxylation is 1. The van der Waals surface area contributed by atoms with Gasteiger partial charge in [0.25, 0.3) is 11.1 Å². The minimum absolute atomic E-state index is 0.0514. The van der Waals surface area contributed by atoms with Gasteiger partial charge < -0.3 is 9.47 Å². The van der Waals surface area contributed by atoms with Crippen molar-refractivity contribution < 1.29 is 22.7 Å². The number of nitriles is 1. The first-order chi connectivity index (χ1) is 16.6. The Labute approximate surface area is 212 Å². The third kappa shape index (κ3) is 7.02. The van der Waals surface area contributed by atoms with E-state index < -0.39 is 20.9 Å². The normalized spacial score (nSPS) is 11.6. The molecule has 1 aromatic heterocycles. The standard InChI is InChI=1S/C23H21ClN4O5S2/c1-4-32-19-11-16(10-18(24)20(19)33-13-15-7-5-6-14(2)8-15)9-17(12-25)21(29)26-22-27-23(28-34-22)35(3,30)31/h5-11H,4,13H2,1-3H3,(H,26,27,28,29)/b17-9-. The number of rotatable bonds is 9. The van der Waals surface area contributed by atoms with Crippen molar-refractivity contribution in [3.05, 3.63) is 63.7 Å². The van der Waals surface area contributed by atoms with E-state index in [1.54, 1.807) is 12.1 Å². The van der Waals surface area contributed by atoms with E-state index in [2.05, 4.69) is 14.7 Å². The Balaban J connectivity index is 1.84. The summed E-state index contributed by atoms with van der Waals surface area (Å²) < 4.78 is 38.3. The first-order valence-corrected chi connectivity index (χ1v) is 13.3. The summed E-state index contributed by atoms with van der Waals surface area (Å²) in [5, 5.41) is 11.7. The Morgan fingerprint density at radius 1 is 1.29 bits per heavy atom. The summed E-state index contributed by atoms with van der Waals surface area (Å²) in [5.41, 5.74) is 2.24. The molecular weight excluding hydrogens is 512 g/mol. The van der Waals surface area contributed by atoms with Gasteiger partial charge in [0.2, 0.25) is 15.0 Å². The van der Waals surface area contributed by atoms with Gasteiger partial charge in [-0.3, -0.25) is 10.1 Å². The predicted molar refractivity (Wildman–Crippen MR) is 133 cm³/mol. The zero-order valence-corrected chi connectivity index (χ0v) is 21.4. The van der Waals surface area contributed by atoms with Crippen LogP contribution in [0.2, 0.25) is 5.02 Å². The Kier molecular flexibility index (Phi) is 8.45. The number of hydrogen-bond donors (Lipinski definition) is 1. The molecule has 2 aromatic carbocycles. The van der Waals surface area contributed by atoms with Crippen LogP contribution in [0.15, 0.2) is 47.1 Å². The van der Waals surface area contributed by atoms with E-state index >= 15 is 0 Å². The lowest BCUT2D eigenvalue weighted by molar-refractivity contribution is -0.112.